The van der Waals surface area contributed by atoms with Crippen LogP contribution in [-0.2, 0) is 16.8 Å². The molecule has 8 nitrogen and oxygen atoms in total. The van der Waals surface area contributed by atoms with Gasteiger partial charge in [-0.25, -0.2) is 4.72 Å². The highest BCUT2D eigenvalue weighted by atomic mass is 32.2. The van der Waals surface area contributed by atoms with Crippen LogP contribution in [-0.4, -0.2) is 61.4 Å². The molecule has 1 aromatic heterocycles. The van der Waals surface area contributed by atoms with Crippen LogP contribution in [0.25, 0.3) is 0 Å². The van der Waals surface area contributed by atoms with Gasteiger partial charge < -0.3 is 5.32 Å². The molecule has 9 heteroatoms. The summed E-state index contributed by atoms with van der Waals surface area (Å²) < 4.78 is 29.3. The van der Waals surface area contributed by atoms with Gasteiger partial charge in [0, 0.05) is 32.9 Å². The van der Waals surface area contributed by atoms with Crippen LogP contribution in [0.3, 0.4) is 0 Å². The standard InChI is InChI=1S/C10H22N6O2S/c1-11-5-3-8-15(2)19(17,18)13-6-4-9-16-10-7-12-14-16/h7,10-11,13H,3-6,8-9H2,1-2H3. The number of nitrogens with one attached hydrogen (secondary N) is 2. The molecular weight excluding hydrogens is 268 g/mol. The fourth-order valence-electron chi connectivity index (χ4n) is 1.50. The maximum atomic E-state index is 11.8. The Hall–Kier alpha value is -1.03. The Bertz CT molecular complexity index is 433. The van der Waals surface area contributed by atoms with Gasteiger partial charge in [-0.15, -0.1) is 5.10 Å². The molecule has 0 saturated carbocycles. The Morgan fingerprint density at radius 3 is 2.74 bits per heavy atom. The van der Waals surface area contributed by atoms with E-state index in [0.717, 1.165) is 13.0 Å². The lowest BCUT2D eigenvalue weighted by molar-refractivity contribution is 0.445. The van der Waals surface area contributed by atoms with Gasteiger partial charge in [0.2, 0.25) is 0 Å². The molecule has 0 aliphatic rings. The molecule has 0 aliphatic heterocycles. The summed E-state index contributed by atoms with van der Waals surface area (Å²) in [5, 5.41) is 10.5. The second-order valence-corrected chi connectivity index (χ2v) is 6.06. The maximum absolute atomic E-state index is 11.8. The lowest BCUT2D eigenvalue weighted by Crippen LogP contribution is -2.39. The molecule has 0 aromatic carbocycles. The van der Waals surface area contributed by atoms with Crippen LogP contribution >= 0.6 is 0 Å². The van der Waals surface area contributed by atoms with Crippen molar-refractivity contribution in [3.05, 3.63) is 12.4 Å². The molecule has 2 N–H and O–H groups in total. The first-order chi connectivity index (χ1) is 9.06. The average molecular weight is 290 g/mol. The van der Waals surface area contributed by atoms with E-state index in [1.165, 1.54) is 4.31 Å². The van der Waals surface area contributed by atoms with E-state index in [-0.39, 0.29) is 0 Å². The molecule has 0 spiro atoms. The summed E-state index contributed by atoms with van der Waals surface area (Å²) in [6.07, 6.45) is 4.80. The number of hydrogen-bond acceptors (Lipinski definition) is 5. The van der Waals surface area contributed by atoms with Gasteiger partial charge in [0.05, 0.1) is 6.20 Å². The number of rotatable bonds is 10. The van der Waals surface area contributed by atoms with Crippen molar-refractivity contribution in [2.75, 3.05) is 33.7 Å². The molecule has 0 amide bonds. The highest BCUT2D eigenvalue weighted by Crippen LogP contribution is 1.96. The Kier molecular flexibility index (Phi) is 6.92. The number of hydrogen-bond donors (Lipinski definition) is 2. The monoisotopic (exact) mass is 290 g/mol. The van der Waals surface area contributed by atoms with Gasteiger partial charge in [0.25, 0.3) is 10.2 Å². The molecule has 19 heavy (non-hydrogen) atoms. The second kappa shape index (κ2) is 8.20. The Morgan fingerprint density at radius 2 is 2.11 bits per heavy atom. The van der Waals surface area contributed by atoms with E-state index in [1.807, 2.05) is 7.05 Å². The maximum Gasteiger partial charge on any atom is 0.279 e. The van der Waals surface area contributed by atoms with Gasteiger partial charge >= 0.3 is 0 Å². The normalized spacial score (nSPS) is 12.2. The third-order valence-electron chi connectivity index (χ3n) is 2.63. The molecule has 0 aliphatic carbocycles. The van der Waals surface area contributed by atoms with Gasteiger partial charge in [0.15, 0.2) is 0 Å². The van der Waals surface area contributed by atoms with E-state index in [1.54, 1.807) is 24.1 Å². The van der Waals surface area contributed by atoms with Crippen molar-refractivity contribution in [2.24, 2.45) is 0 Å². The van der Waals surface area contributed by atoms with Gasteiger partial charge in [-0.1, -0.05) is 5.21 Å². The quantitative estimate of drug-likeness (QED) is 0.542. The highest BCUT2D eigenvalue weighted by molar-refractivity contribution is 7.87. The second-order valence-electron chi connectivity index (χ2n) is 4.20. The van der Waals surface area contributed by atoms with E-state index in [0.29, 0.717) is 26.1 Å². The minimum atomic E-state index is -3.37. The van der Waals surface area contributed by atoms with Crippen LogP contribution in [0.4, 0.5) is 0 Å². The Morgan fingerprint density at radius 1 is 1.32 bits per heavy atom. The van der Waals surface area contributed by atoms with Crippen LogP contribution in [0, 0.1) is 0 Å². The predicted octanol–water partition coefficient (Wildman–Crippen LogP) is -0.956. The summed E-state index contributed by atoms with van der Waals surface area (Å²) in [4.78, 5) is 0. The molecule has 0 saturated heterocycles. The zero-order valence-electron chi connectivity index (χ0n) is 11.4. The van der Waals surface area contributed by atoms with Crippen molar-refractivity contribution in [3.8, 4) is 0 Å². The topological polar surface area (TPSA) is 92.2 Å². The van der Waals surface area contributed by atoms with Gasteiger partial charge in [-0.05, 0) is 26.4 Å². The molecule has 0 bridgehead atoms. The lowest BCUT2D eigenvalue weighted by Gasteiger charge is -2.17. The minimum absolute atomic E-state index is 0.387. The zero-order chi connectivity index (χ0) is 14.1. The molecule has 0 atom stereocenters. The summed E-state index contributed by atoms with van der Waals surface area (Å²) in [6.45, 7) is 2.33. The first-order valence-electron chi connectivity index (χ1n) is 6.26. The fourth-order valence-corrected chi connectivity index (χ4v) is 2.50. The van der Waals surface area contributed by atoms with E-state index >= 15 is 0 Å². The van der Waals surface area contributed by atoms with Crippen LogP contribution in [0.5, 0.6) is 0 Å². The number of nitrogens with zero attached hydrogens (tertiary/aromatic N) is 4. The summed E-state index contributed by atoms with van der Waals surface area (Å²) in [7, 11) is 0.0514. The average Bonchev–Trinajstić information content (AvgIpc) is 2.88. The van der Waals surface area contributed by atoms with Gasteiger partial charge in [0.1, 0.15) is 0 Å². The summed E-state index contributed by atoms with van der Waals surface area (Å²) >= 11 is 0. The highest BCUT2D eigenvalue weighted by Gasteiger charge is 2.15. The first kappa shape index (κ1) is 16.0. The van der Waals surface area contributed by atoms with Crippen LogP contribution in [0.2, 0.25) is 0 Å². The van der Waals surface area contributed by atoms with Gasteiger partial charge in [-0.3, -0.25) is 4.68 Å². The fraction of sp³-hybridized carbons (Fsp3) is 0.800. The van der Waals surface area contributed by atoms with E-state index in [4.69, 9.17) is 0 Å². The van der Waals surface area contributed by atoms with Crippen molar-refractivity contribution >= 4 is 10.2 Å². The molecule has 1 rings (SSSR count). The summed E-state index contributed by atoms with van der Waals surface area (Å²) in [6, 6.07) is 0. The molecule has 1 heterocycles. The van der Waals surface area contributed by atoms with Crippen LogP contribution < -0.4 is 10.0 Å². The molecule has 1 aromatic rings. The SMILES string of the molecule is CNCCCN(C)S(=O)(=O)NCCCn1ccnn1. The van der Waals surface area contributed by atoms with Crippen molar-refractivity contribution in [1.29, 1.82) is 0 Å². The molecular formula is C10H22N6O2S. The predicted molar refractivity (Wildman–Crippen MR) is 72.7 cm³/mol. The first-order valence-corrected chi connectivity index (χ1v) is 7.70. The molecule has 0 unspecified atom stereocenters. The van der Waals surface area contributed by atoms with Crippen LogP contribution in [0.15, 0.2) is 12.4 Å². The minimum Gasteiger partial charge on any atom is -0.320 e. The Labute approximate surface area is 114 Å². The van der Waals surface area contributed by atoms with E-state index in [2.05, 4.69) is 20.4 Å². The van der Waals surface area contributed by atoms with Crippen molar-refractivity contribution in [2.45, 2.75) is 19.4 Å². The lowest BCUT2D eigenvalue weighted by atomic mass is 10.4. The molecule has 0 fully saturated rings. The smallest absolute Gasteiger partial charge is 0.279 e. The van der Waals surface area contributed by atoms with Crippen molar-refractivity contribution < 1.29 is 8.42 Å². The van der Waals surface area contributed by atoms with E-state index in [9.17, 15) is 8.42 Å². The number of aromatic nitrogens is 3. The van der Waals surface area contributed by atoms with Crippen molar-refractivity contribution in [3.63, 3.8) is 0 Å². The Balaban J connectivity index is 2.22. The van der Waals surface area contributed by atoms with Crippen molar-refractivity contribution in [1.82, 2.24) is 29.3 Å². The number of aryl methyl sites for hydroxylation is 1. The molecule has 0 radical (unpaired) electrons. The molecule has 110 valence electrons. The third kappa shape index (κ3) is 6.10. The van der Waals surface area contributed by atoms with E-state index < -0.39 is 10.2 Å². The summed E-state index contributed by atoms with van der Waals surface area (Å²) in [5.74, 6) is 0. The third-order valence-corrected chi connectivity index (χ3v) is 4.20. The largest absolute Gasteiger partial charge is 0.320 e. The zero-order valence-corrected chi connectivity index (χ0v) is 12.2. The van der Waals surface area contributed by atoms with Gasteiger partial charge in [-0.2, -0.15) is 12.7 Å². The van der Waals surface area contributed by atoms with Crippen LogP contribution in [0.1, 0.15) is 12.8 Å². The summed E-state index contributed by atoms with van der Waals surface area (Å²) in [5.41, 5.74) is 0.